The Kier molecular flexibility index (Phi) is 3.45. The molecule has 1 aliphatic heterocycles. The molecule has 0 amide bonds. The molecule has 102 valence electrons. The minimum absolute atomic E-state index is 0.138. The zero-order chi connectivity index (χ0) is 13.4. The molecule has 0 spiro atoms. The van der Waals surface area contributed by atoms with Gasteiger partial charge in [-0.2, -0.15) is 0 Å². The molecule has 2 aliphatic rings. The second kappa shape index (κ2) is 5.09. The fourth-order valence-corrected chi connectivity index (χ4v) is 3.02. The lowest BCUT2D eigenvalue weighted by Crippen LogP contribution is -2.27. The fourth-order valence-electron chi connectivity index (χ4n) is 2.67. The first-order chi connectivity index (χ1) is 9.13. The Morgan fingerprint density at radius 2 is 2.16 bits per heavy atom. The predicted octanol–water partition coefficient (Wildman–Crippen LogP) is 3.01. The lowest BCUT2D eigenvalue weighted by molar-refractivity contribution is -0.384. The first-order valence-corrected chi connectivity index (χ1v) is 7.37. The van der Waals surface area contributed by atoms with E-state index in [4.69, 9.17) is 0 Å². The normalized spacial score (nSPS) is 23.5. The van der Waals surface area contributed by atoms with E-state index in [9.17, 15) is 10.1 Å². The molecule has 0 radical (unpaired) electrons. The first kappa shape index (κ1) is 12.9. The van der Waals surface area contributed by atoms with Crippen LogP contribution in [0.5, 0.6) is 0 Å². The third kappa shape index (κ3) is 2.90. The Hall–Kier alpha value is -1.14. The summed E-state index contributed by atoms with van der Waals surface area (Å²) in [6.07, 6.45) is 3.68. The van der Waals surface area contributed by atoms with E-state index >= 15 is 0 Å². The Bertz CT molecular complexity index is 505. The summed E-state index contributed by atoms with van der Waals surface area (Å²) in [5, 5.41) is 14.4. The average molecular weight is 326 g/mol. The standard InChI is InChI=1S/C13H16BrN3O2/c14-9-1-4-12(13(7-9)17(18)19)15-10-5-6-16(8-10)11-2-3-11/h1,4,7,10-11,15H,2-3,5-6,8H2. The van der Waals surface area contributed by atoms with E-state index in [-0.39, 0.29) is 10.6 Å². The van der Waals surface area contributed by atoms with Gasteiger partial charge in [0.2, 0.25) is 0 Å². The van der Waals surface area contributed by atoms with Crippen LogP contribution in [0.3, 0.4) is 0 Å². The maximum absolute atomic E-state index is 11.1. The quantitative estimate of drug-likeness (QED) is 0.683. The van der Waals surface area contributed by atoms with Gasteiger partial charge in [0, 0.05) is 35.7 Å². The van der Waals surface area contributed by atoms with Crippen LogP contribution in [-0.2, 0) is 0 Å². The molecule has 6 heteroatoms. The van der Waals surface area contributed by atoms with Gasteiger partial charge in [-0.05, 0) is 31.4 Å². The maximum Gasteiger partial charge on any atom is 0.293 e. The Morgan fingerprint density at radius 1 is 1.37 bits per heavy atom. The van der Waals surface area contributed by atoms with Crippen LogP contribution in [0.1, 0.15) is 19.3 Å². The van der Waals surface area contributed by atoms with Gasteiger partial charge in [-0.15, -0.1) is 0 Å². The van der Waals surface area contributed by atoms with E-state index in [0.29, 0.717) is 11.7 Å². The molecule has 0 bridgehead atoms. The van der Waals surface area contributed by atoms with Crippen molar-refractivity contribution in [2.75, 3.05) is 18.4 Å². The highest BCUT2D eigenvalue weighted by atomic mass is 79.9. The molecular weight excluding hydrogens is 310 g/mol. The van der Waals surface area contributed by atoms with E-state index in [1.54, 1.807) is 12.1 Å². The van der Waals surface area contributed by atoms with E-state index in [1.165, 1.54) is 12.8 Å². The molecule has 0 aromatic heterocycles. The number of hydrogen-bond acceptors (Lipinski definition) is 4. The van der Waals surface area contributed by atoms with Crippen LogP contribution in [0.4, 0.5) is 11.4 Å². The van der Waals surface area contributed by atoms with E-state index in [1.807, 2.05) is 6.07 Å². The van der Waals surface area contributed by atoms with E-state index in [0.717, 1.165) is 30.0 Å². The number of nitro benzene ring substituents is 1. The summed E-state index contributed by atoms with van der Waals surface area (Å²) >= 11 is 3.27. The second-order valence-electron chi connectivity index (χ2n) is 5.27. The van der Waals surface area contributed by atoms with Crippen molar-refractivity contribution in [2.24, 2.45) is 0 Å². The lowest BCUT2D eigenvalue weighted by atomic mass is 10.2. The maximum atomic E-state index is 11.1. The van der Waals surface area contributed by atoms with Gasteiger partial charge < -0.3 is 5.32 Å². The number of halogens is 1. The zero-order valence-electron chi connectivity index (χ0n) is 10.5. The van der Waals surface area contributed by atoms with Crippen molar-refractivity contribution in [3.63, 3.8) is 0 Å². The fraction of sp³-hybridized carbons (Fsp3) is 0.538. The number of benzene rings is 1. The molecule has 3 rings (SSSR count). The summed E-state index contributed by atoms with van der Waals surface area (Å²) < 4.78 is 0.732. The molecule has 1 heterocycles. The molecule has 5 nitrogen and oxygen atoms in total. The van der Waals surface area contributed by atoms with Gasteiger partial charge >= 0.3 is 0 Å². The number of likely N-dealkylation sites (tertiary alicyclic amines) is 1. The minimum Gasteiger partial charge on any atom is -0.375 e. The summed E-state index contributed by atoms with van der Waals surface area (Å²) in [6, 6.07) is 6.26. The number of nitrogens with one attached hydrogen (secondary N) is 1. The Morgan fingerprint density at radius 3 is 2.84 bits per heavy atom. The zero-order valence-corrected chi connectivity index (χ0v) is 12.1. The van der Waals surface area contributed by atoms with Crippen molar-refractivity contribution in [2.45, 2.75) is 31.3 Å². The van der Waals surface area contributed by atoms with E-state index < -0.39 is 0 Å². The summed E-state index contributed by atoms with van der Waals surface area (Å²) in [4.78, 5) is 13.2. The molecule has 1 aromatic carbocycles. The largest absolute Gasteiger partial charge is 0.375 e. The number of nitrogens with zero attached hydrogens (tertiary/aromatic N) is 2. The highest BCUT2D eigenvalue weighted by molar-refractivity contribution is 9.10. The number of nitro groups is 1. The van der Waals surface area contributed by atoms with Crippen LogP contribution in [0.15, 0.2) is 22.7 Å². The smallest absolute Gasteiger partial charge is 0.293 e. The highest BCUT2D eigenvalue weighted by Crippen LogP contribution is 2.33. The number of anilines is 1. The van der Waals surface area contributed by atoms with Crippen molar-refractivity contribution in [3.8, 4) is 0 Å². The third-order valence-corrected chi connectivity index (χ3v) is 4.29. The number of hydrogen-bond donors (Lipinski definition) is 1. The molecule has 1 atom stereocenters. The van der Waals surface area contributed by atoms with Crippen LogP contribution in [-0.4, -0.2) is 35.0 Å². The molecule has 2 fully saturated rings. The molecular formula is C13H16BrN3O2. The van der Waals surface area contributed by atoms with Crippen molar-refractivity contribution in [1.29, 1.82) is 0 Å². The van der Waals surface area contributed by atoms with Gasteiger partial charge in [0.25, 0.3) is 5.69 Å². The molecule has 1 aliphatic carbocycles. The van der Waals surface area contributed by atoms with Gasteiger partial charge in [-0.1, -0.05) is 15.9 Å². The van der Waals surface area contributed by atoms with Crippen molar-refractivity contribution in [3.05, 3.63) is 32.8 Å². The SMILES string of the molecule is O=[N+]([O-])c1cc(Br)ccc1NC1CCN(C2CC2)C1. The second-order valence-corrected chi connectivity index (χ2v) is 6.19. The number of rotatable bonds is 4. The van der Waals surface area contributed by atoms with Crippen molar-refractivity contribution < 1.29 is 4.92 Å². The van der Waals surface area contributed by atoms with Crippen LogP contribution < -0.4 is 5.32 Å². The summed E-state index contributed by atoms with van der Waals surface area (Å²) in [5.74, 6) is 0. The van der Waals surface area contributed by atoms with Crippen LogP contribution in [0, 0.1) is 10.1 Å². The van der Waals surface area contributed by atoms with Gasteiger partial charge in [0.15, 0.2) is 0 Å². The molecule has 1 aromatic rings. The third-order valence-electron chi connectivity index (χ3n) is 3.80. The summed E-state index contributed by atoms with van der Waals surface area (Å²) in [5.41, 5.74) is 0.759. The van der Waals surface area contributed by atoms with Gasteiger partial charge in [0.1, 0.15) is 5.69 Å². The monoisotopic (exact) mass is 325 g/mol. The molecule has 19 heavy (non-hydrogen) atoms. The lowest BCUT2D eigenvalue weighted by Gasteiger charge is -2.16. The van der Waals surface area contributed by atoms with Gasteiger partial charge in [-0.25, -0.2) is 0 Å². The average Bonchev–Trinajstić information content (AvgIpc) is 3.12. The Labute approximate surface area is 120 Å². The summed E-state index contributed by atoms with van der Waals surface area (Å²) in [7, 11) is 0. The first-order valence-electron chi connectivity index (χ1n) is 6.58. The van der Waals surface area contributed by atoms with Crippen LogP contribution >= 0.6 is 15.9 Å². The molecule has 1 unspecified atom stereocenters. The molecule has 1 saturated heterocycles. The van der Waals surface area contributed by atoms with Crippen LogP contribution in [0.25, 0.3) is 0 Å². The minimum atomic E-state index is -0.333. The predicted molar refractivity (Wildman–Crippen MR) is 77.4 cm³/mol. The molecule has 1 saturated carbocycles. The van der Waals surface area contributed by atoms with E-state index in [2.05, 4.69) is 26.1 Å². The van der Waals surface area contributed by atoms with Gasteiger partial charge in [0.05, 0.1) is 4.92 Å². The summed E-state index contributed by atoms with van der Waals surface area (Å²) in [6.45, 7) is 2.10. The topological polar surface area (TPSA) is 58.4 Å². The van der Waals surface area contributed by atoms with Gasteiger partial charge in [-0.3, -0.25) is 15.0 Å². The Balaban J connectivity index is 1.71. The highest BCUT2D eigenvalue weighted by Gasteiger charge is 2.34. The van der Waals surface area contributed by atoms with Crippen molar-refractivity contribution >= 4 is 27.3 Å². The van der Waals surface area contributed by atoms with Crippen molar-refractivity contribution in [1.82, 2.24) is 4.90 Å². The van der Waals surface area contributed by atoms with Crippen LogP contribution in [0.2, 0.25) is 0 Å². The molecule has 1 N–H and O–H groups in total.